The van der Waals surface area contributed by atoms with Crippen LogP contribution in [0.1, 0.15) is 37.0 Å². The van der Waals surface area contributed by atoms with Gasteiger partial charge in [0, 0.05) is 25.2 Å². The largest absolute Gasteiger partial charge is 0.360 e. The van der Waals surface area contributed by atoms with Gasteiger partial charge in [0.15, 0.2) is 5.76 Å². The molecule has 0 amide bonds. The lowest BCUT2D eigenvalue weighted by Crippen LogP contribution is -2.64. The van der Waals surface area contributed by atoms with Crippen molar-refractivity contribution >= 4 is 10.0 Å². The Labute approximate surface area is 172 Å². The summed E-state index contributed by atoms with van der Waals surface area (Å²) in [6, 6.07) is 11.5. The summed E-state index contributed by atoms with van der Waals surface area (Å²) in [6.07, 6.45) is 7.16. The smallest absolute Gasteiger partial charge is 0.248 e. The minimum Gasteiger partial charge on any atom is -0.360 e. The highest BCUT2D eigenvalue weighted by Gasteiger charge is 2.49. The highest BCUT2D eigenvalue weighted by atomic mass is 32.2. The highest BCUT2D eigenvalue weighted by molar-refractivity contribution is 7.89. The molecule has 4 heterocycles. The second-order valence-electron chi connectivity index (χ2n) is 8.88. The van der Waals surface area contributed by atoms with Crippen LogP contribution in [-0.4, -0.2) is 54.5 Å². The van der Waals surface area contributed by atoms with Crippen molar-refractivity contribution < 1.29 is 12.9 Å². The molecule has 1 aromatic heterocycles. The summed E-state index contributed by atoms with van der Waals surface area (Å²) in [7, 11) is -3.57. The van der Waals surface area contributed by atoms with Gasteiger partial charge in [0.05, 0.1) is 6.20 Å². The first-order valence-electron chi connectivity index (χ1n) is 10.7. The Morgan fingerprint density at radius 2 is 1.93 bits per heavy atom. The van der Waals surface area contributed by atoms with E-state index in [9.17, 15) is 8.42 Å². The van der Waals surface area contributed by atoms with Gasteiger partial charge in [-0.1, -0.05) is 41.9 Å². The first-order chi connectivity index (χ1) is 14.0. The van der Waals surface area contributed by atoms with Crippen LogP contribution < -0.4 is 0 Å². The molecule has 7 heteroatoms. The molecule has 2 aromatic rings. The van der Waals surface area contributed by atoms with Crippen LogP contribution in [0.5, 0.6) is 0 Å². The fraction of sp³-hybridized carbons (Fsp3) is 0.591. The number of sulfonamides is 1. The highest BCUT2D eigenvalue weighted by Crippen LogP contribution is 2.43. The Kier molecular flexibility index (Phi) is 5.00. The van der Waals surface area contributed by atoms with E-state index in [0.717, 1.165) is 19.4 Å². The third-order valence-corrected chi connectivity index (χ3v) is 9.13. The molecule has 0 saturated carbocycles. The summed E-state index contributed by atoms with van der Waals surface area (Å²) in [5.74, 6) is 1.15. The Balaban J connectivity index is 1.46. The van der Waals surface area contributed by atoms with Gasteiger partial charge in [0.25, 0.3) is 0 Å². The van der Waals surface area contributed by atoms with Gasteiger partial charge >= 0.3 is 0 Å². The van der Waals surface area contributed by atoms with Crippen LogP contribution in [0.3, 0.4) is 0 Å². The molecule has 3 aliphatic heterocycles. The monoisotopic (exact) mass is 415 g/mol. The van der Waals surface area contributed by atoms with Gasteiger partial charge in [-0.3, -0.25) is 4.90 Å². The lowest BCUT2D eigenvalue weighted by molar-refractivity contribution is -0.0550. The summed E-state index contributed by atoms with van der Waals surface area (Å²) >= 11 is 0. The van der Waals surface area contributed by atoms with Crippen molar-refractivity contribution in [3.63, 3.8) is 0 Å². The molecule has 0 radical (unpaired) electrons. The molecule has 5 rings (SSSR count). The predicted octanol–water partition coefficient (Wildman–Crippen LogP) is 3.09. The molecule has 29 heavy (non-hydrogen) atoms. The lowest BCUT2D eigenvalue weighted by atomic mass is 9.71. The molecular weight excluding hydrogens is 386 g/mol. The molecule has 0 N–H and O–H groups in total. The predicted molar refractivity (Wildman–Crippen MR) is 110 cm³/mol. The van der Waals surface area contributed by atoms with E-state index in [1.54, 1.807) is 11.2 Å². The standard InChI is InChI=1S/C22H29N3O3S/c1-16-22(13-23-28-16)29(26,27)24-14-18-12-19(15-24)21(11-17-7-3-2-4-8-17)25-10-6-5-9-20(18)25/h2-4,7-8,13,18-21H,5-6,9-12,14-15H2,1H3/t18-,19+,20+,21+/m1/s1. The molecular formula is C22H29N3O3S. The Morgan fingerprint density at radius 1 is 1.14 bits per heavy atom. The van der Waals surface area contributed by atoms with Crippen molar-refractivity contribution in [1.29, 1.82) is 0 Å². The first-order valence-corrected chi connectivity index (χ1v) is 12.2. The molecule has 0 spiro atoms. The minimum atomic E-state index is -3.57. The van der Waals surface area contributed by atoms with E-state index in [0.29, 0.717) is 42.8 Å². The zero-order valence-corrected chi connectivity index (χ0v) is 17.7. The normalized spacial score (nSPS) is 30.8. The van der Waals surface area contributed by atoms with Crippen LogP contribution in [0.25, 0.3) is 0 Å². The van der Waals surface area contributed by atoms with E-state index in [2.05, 4.69) is 40.4 Å². The van der Waals surface area contributed by atoms with E-state index < -0.39 is 10.0 Å². The number of piperidine rings is 3. The van der Waals surface area contributed by atoms with Gasteiger partial charge in [-0.2, -0.15) is 4.31 Å². The molecule has 2 bridgehead atoms. The fourth-order valence-electron chi connectivity index (χ4n) is 5.87. The second-order valence-corrected chi connectivity index (χ2v) is 10.8. The van der Waals surface area contributed by atoms with Crippen LogP contribution in [0.15, 0.2) is 45.9 Å². The van der Waals surface area contributed by atoms with Gasteiger partial charge in [-0.25, -0.2) is 8.42 Å². The van der Waals surface area contributed by atoms with Crippen molar-refractivity contribution in [2.24, 2.45) is 11.8 Å². The van der Waals surface area contributed by atoms with Crippen molar-refractivity contribution in [2.75, 3.05) is 19.6 Å². The zero-order valence-electron chi connectivity index (χ0n) is 16.9. The van der Waals surface area contributed by atoms with Gasteiger partial charge in [0.2, 0.25) is 10.0 Å². The Hall–Kier alpha value is -1.70. The third kappa shape index (κ3) is 3.43. The molecule has 4 atom stereocenters. The number of nitrogens with zero attached hydrogens (tertiary/aromatic N) is 3. The zero-order chi connectivity index (χ0) is 20.0. The molecule has 3 aliphatic rings. The summed E-state index contributed by atoms with van der Waals surface area (Å²) in [5.41, 5.74) is 1.34. The summed E-state index contributed by atoms with van der Waals surface area (Å²) in [6.45, 7) is 4.02. The van der Waals surface area contributed by atoms with Crippen molar-refractivity contribution in [2.45, 2.75) is 56.0 Å². The molecule has 1 aromatic carbocycles. The summed E-state index contributed by atoms with van der Waals surface area (Å²) in [4.78, 5) is 2.95. The number of hydrogen-bond donors (Lipinski definition) is 0. The number of fused-ring (bicyclic) bond motifs is 4. The third-order valence-electron chi connectivity index (χ3n) is 7.20. The van der Waals surface area contributed by atoms with Crippen LogP contribution in [-0.2, 0) is 16.4 Å². The molecule has 3 saturated heterocycles. The van der Waals surface area contributed by atoms with Crippen LogP contribution in [0, 0.1) is 18.8 Å². The molecule has 6 nitrogen and oxygen atoms in total. The molecule has 156 valence electrons. The molecule has 0 aliphatic carbocycles. The van der Waals surface area contributed by atoms with Gasteiger partial charge in [0.1, 0.15) is 4.90 Å². The average Bonchev–Trinajstić information content (AvgIpc) is 3.18. The molecule has 3 fully saturated rings. The maximum Gasteiger partial charge on any atom is 0.248 e. The van der Waals surface area contributed by atoms with E-state index in [-0.39, 0.29) is 4.90 Å². The first kappa shape index (κ1) is 19.3. The van der Waals surface area contributed by atoms with Gasteiger partial charge in [-0.15, -0.1) is 0 Å². The van der Waals surface area contributed by atoms with Crippen molar-refractivity contribution in [3.8, 4) is 0 Å². The second kappa shape index (κ2) is 7.52. The lowest BCUT2D eigenvalue weighted by Gasteiger charge is -2.56. The topological polar surface area (TPSA) is 66.7 Å². The van der Waals surface area contributed by atoms with Gasteiger partial charge < -0.3 is 4.52 Å². The van der Waals surface area contributed by atoms with E-state index >= 15 is 0 Å². The maximum absolute atomic E-state index is 13.3. The fourth-order valence-corrected chi connectivity index (χ4v) is 7.50. The quantitative estimate of drug-likeness (QED) is 0.768. The maximum atomic E-state index is 13.3. The Morgan fingerprint density at radius 3 is 2.69 bits per heavy atom. The van der Waals surface area contributed by atoms with E-state index in [4.69, 9.17) is 4.52 Å². The Bertz CT molecular complexity index is 959. The van der Waals surface area contributed by atoms with Crippen LogP contribution in [0.2, 0.25) is 0 Å². The van der Waals surface area contributed by atoms with Crippen LogP contribution in [0.4, 0.5) is 0 Å². The van der Waals surface area contributed by atoms with Crippen LogP contribution >= 0.6 is 0 Å². The number of rotatable bonds is 4. The van der Waals surface area contributed by atoms with Gasteiger partial charge in [-0.05, 0) is 56.6 Å². The number of hydrogen-bond acceptors (Lipinski definition) is 5. The minimum absolute atomic E-state index is 0.220. The summed E-state index contributed by atoms with van der Waals surface area (Å²) < 4.78 is 33.5. The SMILES string of the molecule is Cc1oncc1S(=O)(=O)N1C[C@H]2C[C@@H](C1)[C@H](Cc1ccccc1)N1CCCC[C@@H]21. The summed E-state index contributed by atoms with van der Waals surface area (Å²) in [5, 5.41) is 3.70. The van der Waals surface area contributed by atoms with Crippen molar-refractivity contribution in [1.82, 2.24) is 14.4 Å². The van der Waals surface area contributed by atoms with E-state index in [1.807, 2.05) is 0 Å². The number of benzene rings is 1. The molecule has 0 unspecified atom stereocenters. The van der Waals surface area contributed by atoms with Crippen molar-refractivity contribution in [3.05, 3.63) is 47.9 Å². The number of aryl methyl sites for hydroxylation is 1. The number of aromatic nitrogens is 1. The van der Waals surface area contributed by atoms with E-state index in [1.165, 1.54) is 31.0 Å². The average molecular weight is 416 g/mol.